The van der Waals surface area contributed by atoms with Gasteiger partial charge in [0.1, 0.15) is 23.6 Å². The lowest BCUT2D eigenvalue weighted by atomic mass is 10.1. The van der Waals surface area contributed by atoms with Crippen molar-refractivity contribution in [1.29, 1.82) is 0 Å². The van der Waals surface area contributed by atoms with E-state index in [0.29, 0.717) is 29.9 Å². The number of nitrogens with one attached hydrogen (secondary N) is 1. The van der Waals surface area contributed by atoms with E-state index in [0.717, 1.165) is 16.8 Å². The molecule has 28 heavy (non-hydrogen) atoms. The van der Waals surface area contributed by atoms with Crippen LogP contribution in [0.3, 0.4) is 0 Å². The number of nitrogens with zero attached hydrogens (tertiary/aromatic N) is 3. The fourth-order valence-electron chi connectivity index (χ4n) is 3.30. The van der Waals surface area contributed by atoms with Crippen LogP contribution in [0.15, 0.2) is 51.9 Å². The lowest BCUT2D eigenvalue weighted by Crippen LogP contribution is -2.35. The van der Waals surface area contributed by atoms with Gasteiger partial charge in [0, 0.05) is 18.7 Å². The summed E-state index contributed by atoms with van der Waals surface area (Å²) in [4.78, 5) is 25.0. The number of benzene rings is 1. The van der Waals surface area contributed by atoms with E-state index in [1.165, 1.54) is 4.68 Å². The van der Waals surface area contributed by atoms with Crippen molar-refractivity contribution in [2.75, 3.05) is 13.7 Å². The summed E-state index contributed by atoms with van der Waals surface area (Å²) in [6, 6.07) is 11.1. The molecule has 3 aromatic heterocycles. The van der Waals surface area contributed by atoms with E-state index in [-0.39, 0.29) is 18.0 Å². The quantitative estimate of drug-likeness (QED) is 0.552. The Morgan fingerprint density at radius 3 is 2.93 bits per heavy atom. The molecule has 0 aliphatic rings. The Kier molecular flexibility index (Phi) is 4.60. The largest absolute Gasteiger partial charge is 0.497 e. The molecular formula is C20H20N4O4. The highest BCUT2D eigenvalue weighted by Crippen LogP contribution is 2.19. The molecule has 0 saturated carbocycles. The zero-order chi connectivity index (χ0) is 19.7. The van der Waals surface area contributed by atoms with E-state index in [4.69, 9.17) is 9.15 Å². The first-order chi connectivity index (χ1) is 13.6. The van der Waals surface area contributed by atoms with Gasteiger partial charge in [0.15, 0.2) is 5.58 Å². The van der Waals surface area contributed by atoms with Gasteiger partial charge in [-0.25, -0.2) is 4.68 Å². The van der Waals surface area contributed by atoms with Crippen molar-refractivity contribution >= 4 is 22.5 Å². The number of ether oxygens (including phenoxy) is 1. The van der Waals surface area contributed by atoms with Gasteiger partial charge in [-0.15, -0.1) is 0 Å². The van der Waals surface area contributed by atoms with Crippen LogP contribution in [-0.4, -0.2) is 33.7 Å². The van der Waals surface area contributed by atoms with Crippen molar-refractivity contribution in [1.82, 2.24) is 19.5 Å². The molecule has 3 heterocycles. The first kappa shape index (κ1) is 17.8. The predicted molar refractivity (Wildman–Crippen MR) is 104 cm³/mol. The van der Waals surface area contributed by atoms with Gasteiger partial charge in [-0.05, 0) is 31.0 Å². The normalized spacial score (nSPS) is 11.2. The summed E-state index contributed by atoms with van der Waals surface area (Å²) in [6.07, 6.45) is 2.23. The van der Waals surface area contributed by atoms with Crippen molar-refractivity contribution in [3.05, 3.63) is 64.4 Å². The van der Waals surface area contributed by atoms with Crippen LogP contribution in [0.5, 0.6) is 5.75 Å². The number of amides is 1. The maximum atomic E-state index is 12.7. The Labute approximate surface area is 160 Å². The Bertz CT molecular complexity index is 1220. The minimum absolute atomic E-state index is 0.138. The Morgan fingerprint density at radius 2 is 2.11 bits per heavy atom. The van der Waals surface area contributed by atoms with Gasteiger partial charge in [-0.3, -0.25) is 14.0 Å². The summed E-state index contributed by atoms with van der Waals surface area (Å²) in [7, 11) is 1.62. The van der Waals surface area contributed by atoms with Crippen LogP contribution in [0.25, 0.3) is 16.6 Å². The zero-order valence-corrected chi connectivity index (χ0v) is 15.6. The monoisotopic (exact) mass is 380 g/mol. The second-order valence-corrected chi connectivity index (χ2v) is 6.50. The van der Waals surface area contributed by atoms with Crippen LogP contribution < -0.4 is 15.6 Å². The number of aromatic nitrogens is 3. The number of hydrogen-bond donors (Lipinski definition) is 1. The van der Waals surface area contributed by atoms with Crippen molar-refractivity contribution in [2.45, 2.75) is 19.9 Å². The van der Waals surface area contributed by atoms with Crippen molar-refractivity contribution in [3.63, 3.8) is 0 Å². The first-order valence-corrected chi connectivity index (χ1v) is 8.93. The van der Waals surface area contributed by atoms with Crippen molar-refractivity contribution in [2.24, 2.45) is 0 Å². The maximum absolute atomic E-state index is 12.7. The number of carbonyl (C=O) groups is 1. The van der Waals surface area contributed by atoms with Crippen molar-refractivity contribution < 1.29 is 13.9 Å². The topological polar surface area (TPSA) is 90.8 Å². The van der Waals surface area contributed by atoms with E-state index in [1.807, 2.05) is 24.3 Å². The molecule has 0 fully saturated rings. The first-order valence-electron chi connectivity index (χ1n) is 8.93. The highest BCUT2D eigenvalue weighted by molar-refractivity contribution is 5.82. The molecule has 4 rings (SSSR count). The molecule has 144 valence electrons. The van der Waals surface area contributed by atoms with Crippen molar-refractivity contribution in [3.8, 4) is 5.75 Å². The summed E-state index contributed by atoms with van der Waals surface area (Å²) in [5, 5.41) is 7.11. The molecule has 4 aromatic rings. The number of carbonyl (C=O) groups excluding carboxylic acids is 1. The fourth-order valence-corrected chi connectivity index (χ4v) is 3.30. The van der Waals surface area contributed by atoms with Crippen LogP contribution in [-0.2, 0) is 17.8 Å². The molecular weight excluding hydrogens is 360 g/mol. The molecule has 1 amide bonds. The van der Waals surface area contributed by atoms with E-state index < -0.39 is 0 Å². The Hall–Kier alpha value is -3.55. The predicted octanol–water partition coefficient (Wildman–Crippen LogP) is 1.92. The van der Waals surface area contributed by atoms with Gasteiger partial charge in [0.25, 0.3) is 5.56 Å². The molecule has 0 aliphatic carbocycles. The lowest BCUT2D eigenvalue weighted by molar-refractivity contribution is -0.121. The second kappa shape index (κ2) is 7.22. The molecule has 0 radical (unpaired) electrons. The summed E-state index contributed by atoms with van der Waals surface area (Å²) in [6.45, 7) is 2.11. The van der Waals surface area contributed by atoms with Crippen LogP contribution in [0.4, 0.5) is 0 Å². The van der Waals surface area contributed by atoms with Crippen LogP contribution in [0, 0.1) is 6.92 Å². The SMILES string of the molecule is COc1cccc(CCNC(=O)Cn2nc(C)n3c(cc4occc43)c2=O)c1. The molecule has 0 bridgehead atoms. The number of furan rings is 1. The molecule has 0 spiro atoms. The highest BCUT2D eigenvalue weighted by atomic mass is 16.5. The van der Waals surface area contributed by atoms with E-state index >= 15 is 0 Å². The zero-order valence-electron chi connectivity index (χ0n) is 15.6. The standard InChI is InChI=1S/C20H20N4O4/c1-13-22-23(20(26)17-11-18-16(24(13)17)7-9-28-18)12-19(25)21-8-6-14-4-3-5-15(10-14)27-2/h3-5,7,9-11H,6,8,12H2,1-2H3,(H,21,25). The Balaban J connectivity index is 1.46. The molecule has 8 nitrogen and oxygen atoms in total. The lowest BCUT2D eigenvalue weighted by Gasteiger charge is -2.09. The number of rotatable bonds is 6. The van der Waals surface area contributed by atoms with Gasteiger partial charge in [0.05, 0.1) is 18.9 Å². The molecule has 0 aliphatic heterocycles. The summed E-state index contributed by atoms with van der Waals surface area (Å²) >= 11 is 0. The summed E-state index contributed by atoms with van der Waals surface area (Å²) in [5.74, 6) is 1.12. The number of fused-ring (bicyclic) bond motifs is 3. The number of methoxy groups -OCH3 is 1. The third kappa shape index (κ3) is 3.24. The summed E-state index contributed by atoms with van der Waals surface area (Å²) < 4.78 is 13.5. The number of hydrogen-bond acceptors (Lipinski definition) is 5. The Morgan fingerprint density at radius 1 is 1.25 bits per heavy atom. The minimum atomic E-state index is -0.333. The average molecular weight is 380 g/mol. The van der Waals surface area contributed by atoms with Gasteiger partial charge >= 0.3 is 0 Å². The summed E-state index contributed by atoms with van der Waals surface area (Å²) in [5.41, 5.74) is 2.56. The maximum Gasteiger partial charge on any atom is 0.291 e. The van der Waals surface area contributed by atoms with Gasteiger partial charge in [-0.2, -0.15) is 5.10 Å². The van der Waals surface area contributed by atoms with Gasteiger partial charge in [-0.1, -0.05) is 12.1 Å². The van der Waals surface area contributed by atoms with Crippen LogP contribution in [0.1, 0.15) is 11.4 Å². The molecule has 0 atom stereocenters. The fraction of sp³-hybridized carbons (Fsp3) is 0.250. The molecule has 0 saturated heterocycles. The molecule has 8 heteroatoms. The average Bonchev–Trinajstić information content (AvgIpc) is 3.27. The van der Waals surface area contributed by atoms with E-state index in [9.17, 15) is 9.59 Å². The van der Waals surface area contributed by atoms with Gasteiger partial charge in [0.2, 0.25) is 5.91 Å². The third-order valence-corrected chi connectivity index (χ3v) is 4.63. The second-order valence-electron chi connectivity index (χ2n) is 6.50. The highest BCUT2D eigenvalue weighted by Gasteiger charge is 2.15. The van der Waals surface area contributed by atoms with Crippen LogP contribution >= 0.6 is 0 Å². The molecule has 1 aromatic carbocycles. The van der Waals surface area contributed by atoms with E-state index in [1.54, 1.807) is 36.8 Å². The molecule has 0 unspecified atom stereocenters. The number of aryl methyl sites for hydroxylation is 1. The molecule has 1 N–H and O–H groups in total. The third-order valence-electron chi connectivity index (χ3n) is 4.63. The van der Waals surface area contributed by atoms with Gasteiger partial charge < -0.3 is 14.5 Å². The minimum Gasteiger partial charge on any atom is -0.497 e. The van der Waals surface area contributed by atoms with Crippen LogP contribution in [0.2, 0.25) is 0 Å². The van der Waals surface area contributed by atoms with E-state index in [2.05, 4.69) is 10.4 Å². The smallest absolute Gasteiger partial charge is 0.291 e.